The van der Waals surface area contributed by atoms with E-state index in [0.717, 1.165) is 53.3 Å². The lowest BCUT2D eigenvalue weighted by molar-refractivity contribution is -0.134. The molecule has 2 aromatic carbocycles. The van der Waals surface area contributed by atoms with Gasteiger partial charge in [0.2, 0.25) is 10.9 Å². The number of thiol groups is 1. The second-order valence-corrected chi connectivity index (χ2v) is 15.7. The number of thioether (sulfide) groups is 1. The fraction of sp³-hybridized carbons (Fsp3) is 0.457. The quantitative estimate of drug-likeness (QED) is 0.0822. The first kappa shape index (κ1) is 37.3. The van der Waals surface area contributed by atoms with E-state index in [1.165, 1.54) is 28.0 Å². The van der Waals surface area contributed by atoms with E-state index in [-0.39, 0.29) is 16.6 Å². The van der Waals surface area contributed by atoms with E-state index in [0.29, 0.717) is 44.3 Å². The van der Waals surface area contributed by atoms with Crippen LogP contribution in [-0.4, -0.2) is 106 Å². The second kappa shape index (κ2) is 17.8. The minimum atomic E-state index is -0.206. The zero-order chi connectivity index (χ0) is 34.8. The first-order valence-corrected chi connectivity index (χ1v) is 19.1. The molecule has 49 heavy (non-hydrogen) atoms. The van der Waals surface area contributed by atoms with Crippen LogP contribution in [0.5, 0.6) is 0 Å². The maximum absolute atomic E-state index is 12.9. The van der Waals surface area contributed by atoms with Crippen LogP contribution < -0.4 is 0 Å². The van der Waals surface area contributed by atoms with Crippen molar-refractivity contribution in [2.45, 2.75) is 47.9 Å². The molecule has 1 aliphatic rings. The van der Waals surface area contributed by atoms with Gasteiger partial charge in [0.15, 0.2) is 4.34 Å². The summed E-state index contributed by atoms with van der Waals surface area (Å²) >= 11 is 14.0. The van der Waals surface area contributed by atoms with E-state index in [1.54, 1.807) is 36.2 Å². The van der Waals surface area contributed by atoms with Crippen LogP contribution >= 0.6 is 47.3 Å². The van der Waals surface area contributed by atoms with Crippen LogP contribution in [0.1, 0.15) is 52.7 Å². The predicted molar refractivity (Wildman–Crippen MR) is 200 cm³/mol. The number of likely N-dealkylation sites (N-methyl/N-ethyl adjacent to an activating group) is 1. The van der Waals surface area contributed by atoms with E-state index in [4.69, 9.17) is 29.0 Å². The summed E-state index contributed by atoms with van der Waals surface area (Å²) in [6, 6.07) is 14.3. The van der Waals surface area contributed by atoms with Crippen LogP contribution in [0.4, 0.5) is 0 Å². The number of rotatable bonds is 16. The number of carbonyl (C=O) groups excluding carboxylic acids is 2. The van der Waals surface area contributed by atoms with Gasteiger partial charge in [-0.15, -0.1) is 10.2 Å². The lowest BCUT2D eigenvalue weighted by Gasteiger charge is -2.37. The summed E-state index contributed by atoms with van der Waals surface area (Å²) in [5.74, 6) is 0.646. The highest BCUT2D eigenvalue weighted by molar-refractivity contribution is 8.00. The van der Waals surface area contributed by atoms with E-state index in [1.807, 2.05) is 27.8 Å². The van der Waals surface area contributed by atoms with Gasteiger partial charge in [-0.1, -0.05) is 59.8 Å². The highest BCUT2D eigenvalue weighted by Gasteiger charge is 2.28. The molecule has 4 aromatic rings. The number of ether oxygens (including phenoxy) is 1. The number of halogens is 1. The van der Waals surface area contributed by atoms with Crippen molar-refractivity contribution in [2.24, 2.45) is 0 Å². The third-order valence-electron chi connectivity index (χ3n) is 8.98. The number of nitrogens with zero attached hydrogens (tertiary/aromatic N) is 7. The minimum Gasteiger partial charge on any atom is -0.379 e. The largest absolute Gasteiger partial charge is 0.379 e. The van der Waals surface area contributed by atoms with Gasteiger partial charge < -0.3 is 19.1 Å². The van der Waals surface area contributed by atoms with Gasteiger partial charge >= 0.3 is 0 Å². The Morgan fingerprint density at radius 3 is 2.57 bits per heavy atom. The van der Waals surface area contributed by atoms with Gasteiger partial charge in [-0.05, 0) is 67.3 Å². The third-order valence-corrected chi connectivity index (χ3v) is 12.1. The number of aryl methyl sites for hydroxylation is 1. The van der Waals surface area contributed by atoms with Crippen LogP contribution in [0.25, 0.3) is 5.69 Å². The Morgan fingerprint density at radius 2 is 1.88 bits per heavy atom. The molecule has 0 bridgehead atoms. The smallest absolute Gasteiger partial charge is 0.284 e. The standard InChI is InChI=1S/C35H44ClN7O3S3/c1-4-35(47,28-6-8-29(36)9-7-28)12-14-41-16-18-42(19-17-41)31(44)11-21-46-22-20-40(3)33(45)32-38-39-34(49-32)48-24-27-5-10-30(23-26(27)2)43-15-13-37-25-43/h5-10,13,15,23,25,47H,4,11-12,14,16-22,24H2,1-3H3/t35-/m0/s1. The first-order valence-electron chi connectivity index (χ1n) is 16.5. The molecule has 3 heterocycles. The van der Waals surface area contributed by atoms with E-state index < -0.39 is 0 Å². The highest BCUT2D eigenvalue weighted by Crippen LogP contribution is 2.36. The summed E-state index contributed by atoms with van der Waals surface area (Å²) in [7, 11) is 1.73. The molecule has 0 spiro atoms. The summed E-state index contributed by atoms with van der Waals surface area (Å²) in [6.07, 6.45) is 7.64. The summed E-state index contributed by atoms with van der Waals surface area (Å²) in [5, 5.41) is 9.44. The normalized spacial score (nSPS) is 14.9. The molecule has 0 radical (unpaired) electrons. The fourth-order valence-corrected chi connectivity index (χ4v) is 7.94. The molecule has 0 saturated carbocycles. The van der Waals surface area contributed by atoms with Crippen LogP contribution in [0, 0.1) is 6.92 Å². The summed E-state index contributed by atoms with van der Waals surface area (Å²) in [6.45, 7) is 9.36. The maximum atomic E-state index is 12.9. The molecule has 0 N–H and O–H groups in total. The van der Waals surface area contributed by atoms with Gasteiger partial charge in [0.1, 0.15) is 0 Å². The molecule has 5 rings (SSSR count). The molecule has 14 heteroatoms. The van der Waals surface area contributed by atoms with Gasteiger partial charge in [0.25, 0.3) is 5.91 Å². The van der Waals surface area contributed by atoms with E-state index in [9.17, 15) is 9.59 Å². The maximum Gasteiger partial charge on any atom is 0.284 e. The SMILES string of the molecule is CC[C@](S)(CCN1CCN(C(=O)CCOCCN(C)C(=O)c2nnc(SCc3ccc(-n4ccnc4)cc3C)s2)CC1)c1ccc(Cl)cc1. The number of carbonyl (C=O) groups is 2. The highest BCUT2D eigenvalue weighted by atomic mass is 35.5. The van der Waals surface area contributed by atoms with Crippen molar-refractivity contribution >= 4 is 59.1 Å². The Kier molecular flexibility index (Phi) is 13.6. The van der Waals surface area contributed by atoms with Crippen molar-refractivity contribution < 1.29 is 14.3 Å². The molecular formula is C35H44ClN7O3S3. The molecule has 0 aliphatic carbocycles. The number of aromatic nitrogens is 4. The van der Waals surface area contributed by atoms with Crippen LogP contribution in [0.15, 0.2) is 65.5 Å². The molecule has 1 saturated heterocycles. The number of hydrogen-bond donors (Lipinski definition) is 1. The Labute approximate surface area is 307 Å². The second-order valence-electron chi connectivity index (χ2n) is 12.2. The number of piperazine rings is 1. The van der Waals surface area contributed by atoms with E-state index >= 15 is 0 Å². The fourth-order valence-electron chi connectivity index (χ4n) is 5.64. The molecule has 262 valence electrons. The van der Waals surface area contributed by atoms with Crippen molar-refractivity contribution in [1.29, 1.82) is 0 Å². The van der Waals surface area contributed by atoms with Crippen molar-refractivity contribution in [3.8, 4) is 5.69 Å². The van der Waals surface area contributed by atoms with Gasteiger partial charge in [-0.2, -0.15) is 12.6 Å². The van der Waals surface area contributed by atoms with Crippen LogP contribution in [0.2, 0.25) is 5.02 Å². The molecule has 10 nitrogen and oxygen atoms in total. The Hall–Kier alpha value is -2.94. The number of amides is 2. The van der Waals surface area contributed by atoms with Crippen molar-refractivity contribution in [3.05, 3.63) is 87.9 Å². The van der Waals surface area contributed by atoms with Gasteiger partial charge in [-0.3, -0.25) is 14.5 Å². The number of hydrogen-bond acceptors (Lipinski definition) is 10. The van der Waals surface area contributed by atoms with E-state index in [2.05, 4.69) is 64.3 Å². The predicted octanol–water partition coefficient (Wildman–Crippen LogP) is 6.23. The summed E-state index contributed by atoms with van der Waals surface area (Å²) in [4.78, 5) is 35.8. The number of imidazole rings is 1. The molecule has 1 atom stereocenters. The van der Waals surface area contributed by atoms with Gasteiger partial charge in [0, 0.05) is 73.4 Å². The van der Waals surface area contributed by atoms with Gasteiger partial charge in [0.05, 0.1) is 26.0 Å². The lowest BCUT2D eigenvalue weighted by atomic mass is 9.91. The molecule has 2 amide bonds. The third kappa shape index (κ3) is 10.3. The average Bonchev–Trinajstić information content (AvgIpc) is 3.83. The first-order chi connectivity index (χ1) is 23.6. The average molecular weight is 742 g/mol. The molecule has 1 aliphatic heterocycles. The lowest BCUT2D eigenvalue weighted by Crippen LogP contribution is -2.49. The monoisotopic (exact) mass is 741 g/mol. The molecule has 2 aromatic heterocycles. The zero-order valence-corrected chi connectivity index (χ0v) is 31.5. The minimum absolute atomic E-state index is 0.102. The van der Waals surface area contributed by atoms with Crippen molar-refractivity contribution in [2.75, 3.05) is 59.5 Å². The molecular weight excluding hydrogens is 698 g/mol. The molecule has 1 fully saturated rings. The Morgan fingerprint density at radius 1 is 1.10 bits per heavy atom. The Balaban J connectivity index is 0.955. The number of benzene rings is 2. The topological polar surface area (TPSA) is 96.7 Å². The van der Waals surface area contributed by atoms with Crippen LogP contribution in [-0.2, 0) is 20.0 Å². The van der Waals surface area contributed by atoms with Crippen LogP contribution in [0.3, 0.4) is 0 Å². The van der Waals surface area contributed by atoms with Crippen molar-refractivity contribution in [3.63, 3.8) is 0 Å². The molecule has 0 unspecified atom stereocenters. The zero-order valence-electron chi connectivity index (χ0n) is 28.3. The van der Waals surface area contributed by atoms with Gasteiger partial charge in [-0.25, -0.2) is 4.98 Å². The summed E-state index contributed by atoms with van der Waals surface area (Å²) in [5.41, 5.74) is 4.63. The van der Waals surface area contributed by atoms with Crippen molar-refractivity contribution in [1.82, 2.24) is 34.4 Å². The summed E-state index contributed by atoms with van der Waals surface area (Å²) < 4.78 is 8.25. The Bertz CT molecular complexity index is 1660.